The van der Waals surface area contributed by atoms with Crippen molar-refractivity contribution >= 4 is 6.09 Å². The van der Waals surface area contributed by atoms with Crippen LogP contribution in [-0.4, -0.2) is 42.2 Å². The van der Waals surface area contributed by atoms with Gasteiger partial charge in [-0.1, -0.05) is 194 Å². The molecule has 0 bridgehead atoms. The number of carboxylic acid groups (broad SMARTS) is 1. The Balaban J connectivity index is 0.00000181. The van der Waals surface area contributed by atoms with Gasteiger partial charge >= 0.3 is 6.09 Å². The second-order valence-corrected chi connectivity index (χ2v) is 12.5. The molecule has 6 nitrogen and oxygen atoms in total. The number of nitrogens with two attached hydrogens (primary N) is 1. The van der Waals surface area contributed by atoms with Crippen LogP contribution in [0.5, 0.6) is 0 Å². The summed E-state index contributed by atoms with van der Waals surface area (Å²) >= 11 is 0. The van der Waals surface area contributed by atoms with Crippen molar-refractivity contribution in [3.63, 3.8) is 0 Å². The van der Waals surface area contributed by atoms with Crippen LogP contribution >= 0.6 is 0 Å². The van der Waals surface area contributed by atoms with Crippen LogP contribution in [0.25, 0.3) is 0 Å². The topological polar surface area (TPSA) is 102 Å². The van der Waals surface area contributed by atoms with Crippen molar-refractivity contribution in [2.75, 3.05) is 19.8 Å². The highest BCUT2D eigenvalue weighted by atomic mass is 16.5. The molecule has 3 aromatic rings. The van der Waals surface area contributed by atoms with Gasteiger partial charge in [0.15, 0.2) is 0 Å². The summed E-state index contributed by atoms with van der Waals surface area (Å²) < 4.78 is 12.6. The van der Waals surface area contributed by atoms with Gasteiger partial charge in [-0.25, -0.2) is 4.79 Å². The number of rotatable bonds is 25. The highest BCUT2D eigenvalue weighted by molar-refractivity contribution is 5.61. The van der Waals surface area contributed by atoms with Crippen LogP contribution < -0.4 is 5.73 Å². The molecule has 0 aliphatic carbocycles. The van der Waals surface area contributed by atoms with Crippen LogP contribution in [0.1, 0.15) is 126 Å². The first-order valence-electron chi connectivity index (χ1n) is 18.1. The van der Waals surface area contributed by atoms with E-state index in [0.717, 1.165) is 23.1 Å². The Hall–Kier alpha value is -3.19. The van der Waals surface area contributed by atoms with Crippen molar-refractivity contribution in [3.05, 3.63) is 108 Å². The zero-order valence-electron chi connectivity index (χ0n) is 28.9. The molecule has 3 aromatic carbocycles. The maximum absolute atomic E-state index is 10.8. The third kappa shape index (κ3) is 17.0. The number of carbonyl (C=O) groups is 1. The highest BCUT2D eigenvalue weighted by Gasteiger charge is 2.38. The Morgan fingerprint density at radius 3 is 1.26 bits per heavy atom. The molecule has 1 atom stereocenters. The van der Waals surface area contributed by atoms with Crippen molar-refractivity contribution in [1.29, 1.82) is 0 Å². The Labute approximate surface area is 284 Å². The summed E-state index contributed by atoms with van der Waals surface area (Å²) in [5, 5.41) is 18.0. The molecule has 6 heteroatoms. The number of hydrogen-bond acceptors (Lipinski definition) is 4. The maximum atomic E-state index is 10.8. The van der Waals surface area contributed by atoms with Gasteiger partial charge in [-0.2, -0.15) is 0 Å². The molecular weight excluding hydrogens is 586 g/mol. The van der Waals surface area contributed by atoms with Gasteiger partial charge in [0, 0.05) is 6.61 Å². The van der Waals surface area contributed by atoms with E-state index in [9.17, 15) is 5.11 Å². The lowest BCUT2D eigenvalue weighted by molar-refractivity contribution is -0.0641. The van der Waals surface area contributed by atoms with Crippen molar-refractivity contribution in [3.8, 4) is 0 Å². The minimum Gasteiger partial charge on any atom is -0.465 e. The SMILES string of the molecule is CCCCCCCCCCCCCCCCCCOCC(O)COC(c1ccccc1)(c1ccccc1)c1ccccc1.NC(=O)O. The van der Waals surface area contributed by atoms with Gasteiger partial charge in [0.1, 0.15) is 11.7 Å². The second kappa shape index (κ2) is 25.8. The van der Waals surface area contributed by atoms with E-state index < -0.39 is 17.8 Å². The van der Waals surface area contributed by atoms with E-state index in [-0.39, 0.29) is 13.2 Å². The monoisotopic (exact) mass is 647 g/mol. The summed E-state index contributed by atoms with van der Waals surface area (Å²) in [5.74, 6) is 0. The molecule has 0 fully saturated rings. The van der Waals surface area contributed by atoms with Crippen LogP contribution in [0.15, 0.2) is 91.0 Å². The molecule has 0 heterocycles. The van der Waals surface area contributed by atoms with Crippen molar-refractivity contribution in [1.82, 2.24) is 0 Å². The van der Waals surface area contributed by atoms with Gasteiger partial charge in [-0.3, -0.25) is 0 Å². The summed E-state index contributed by atoms with van der Waals surface area (Å²) in [6, 6.07) is 30.9. The third-order valence-electron chi connectivity index (χ3n) is 8.49. The van der Waals surface area contributed by atoms with E-state index in [1.54, 1.807) is 0 Å². The van der Waals surface area contributed by atoms with Gasteiger partial charge in [0.25, 0.3) is 0 Å². The highest BCUT2D eigenvalue weighted by Crippen LogP contribution is 2.40. The zero-order chi connectivity index (χ0) is 33.8. The largest absolute Gasteiger partial charge is 0.465 e. The summed E-state index contributed by atoms with van der Waals surface area (Å²) in [6.07, 6.45) is 19.7. The molecule has 47 heavy (non-hydrogen) atoms. The number of primary amides is 1. The predicted molar refractivity (Wildman–Crippen MR) is 194 cm³/mol. The van der Waals surface area contributed by atoms with E-state index in [4.69, 9.17) is 19.4 Å². The lowest BCUT2D eigenvalue weighted by Gasteiger charge is -2.36. The quantitative estimate of drug-likeness (QED) is 0.0627. The maximum Gasteiger partial charge on any atom is 0.402 e. The van der Waals surface area contributed by atoms with Crippen molar-refractivity contribution < 1.29 is 24.5 Å². The summed E-state index contributed by atoms with van der Waals surface area (Å²) in [4.78, 5) is 8.78. The van der Waals surface area contributed by atoms with Gasteiger partial charge < -0.3 is 25.4 Å². The average molecular weight is 648 g/mol. The number of aliphatic hydroxyl groups is 1. The smallest absolute Gasteiger partial charge is 0.402 e. The molecule has 3 rings (SSSR count). The Kier molecular flexibility index (Phi) is 22.0. The summed E-state index contributed by atoms with van der Waals surface area (Å²) in [6.45, 7) is 3.44. The molecule has 1 amide bonds. The standard InChI is InChI=1S/C40H58O3.CH3NO2/c1-2-3-4-5-6-7-8-9-10-11-12-13-14-15-16-26-33-42-34-39(41)35-43-40(36-27-20-17-21-28-36,37-29-22-18-23-30-37)38-31-24-19-25-32-38;2-1(3)4/h17-25,27-32,39,41H,2-16,26,33-35H2,1H3;2H2,(H,3,4). The van der Waals surface area contributed by atoms with Gasteiger partial charge in [0.05, 0.1) is 13.2 Å². The third-order valence-corrected chi connectivity index (χ3v) is 8.49. The van der Waals surface area contributed by atoms with Gasteiger partial charge in [-0.05, 0) is 23.1 Å². The van der Waals surface area contributed by atoms with Gasteiger partial charge in [-0.15, -0.1) is 0 Å². The predicted octanol–water partition coefficient (Wildman–Crippen LogP) is 10.3. The molecule has 0 aliphatic rings. The fourth-order valence-corrected chi connectivity index (χ4v) is 6.01. The molecule has 0 spiro atoms. The minimum atomic E-state index is -1.33. The van der Waals surface area contributed by atoms with E-state index >= 15 is 0 Å². The fraction of sp³-hybridized carbons (Fsp3) is 0.537. The van der Waals surface area contributed by atoms with Crippen LogP contribution in [0.3, 0.4) is 0 Å². The Morgan fingerprint density at radius 2 is 0.915 bits per heavy atom. The number of aliphatic hydroxyl groups excluding tert-OH is 1. The second-order valence-electron chi connectivity index (χ2n) is 12.5. The Morgan fingerprint density at radius 1 is 0.596 bits per heavy atom. The molecular formula is C41H61NO5. The lowest BCUT2D eigenvalue weighted by Crippen LogP contribution is -2.36. The van der Waals surface area contributed by atoms with E-state index in [2.05, 4.69) is 49.1 Å². The van der Waals surface area contributed by atoms with Crippen molar-refractivity contribution in [2.24, 2.45) is 5.73 Å². The summed E-state index contributed by atoms with van der Waals surface area (Å²) in [7, 11) is 0. The van der Waals surface area contributed by atoms with Gasteiger partial charge in [0.2, 0.25) is 0 Å². The normalized spacial score (nSPS) is 11.9. The average Bonchev–Trinajstić information content (AvgIpc) is 3.09. The van der Waals surface area contributed by atoms with Crippen LogP contribution in [0.2, 0.25) is 0 Å². The molecule has 0 saturated heterocycles. The number of ether oxygens (including phenoxy) is 2. The molecule has 0 saturated carbocycles. The van der Waals surface area contributed by atoms with Crippen LogP contribution in [0.4, 0.5) is 4.79 Å². The molecule has 0 radical (unpaired) electrons. The number of amides is 1. The first-order chi connectivity index (χ1) is 23.0. The van der Waals surface area contributed by atoms with Crippen molar-refractivity contribution in [2.45, 2.75) is 121 Å². The first kappa shape index (κ1) is 40.0. The Bertz CT molecular complexity index is 1040. The molecule has 260 valence electrons. The van der Waals surface area contributed by atoms with Crippen LogP contribution in [-0.2, 0) is 15.1 Å². The van der Waals surface area contributed by atoms with E-state index in [1.807, 2.05) is 54.6 Å². The molecule has 1 unspecified atom stereocenters. The number of benzene rings is 3. The van der Waals surface area contributed by atoms with E-state index in [0.29, 0.717) is 6.61 Å². The summed E-state index contributed by atoms with van der Waals surface area (Å²) in [5.41, 5.74) is 6.31. The number of hydrogen-bond donors (Lipinski definition) is 3. The van der Waals surface area contributed by atoms with E-state index in [1.165, 1.54) is 96.3 Å². The molecule has 4 N–H and O–H groups in total. The minimum absolute atomic E-state index is 0.178. The lowest BCUT2D eigenvalue weighted by atomic mass is 9.80. The number of unbranched alkanes of at least 4 members (excludes halogenated alkanes) is 15. The fourth-order valence-electron chi connectivity index (χ4n) is 6.01. The zero-order valence-corrected chi connectivity index (χ0v) is 28.9. The van der Waals surface area contributed by atoms with Crippen LogP contribution in [0, 0.1) is 0 Å². The molecule has 0 aliphatic heterocycles. The molecule has 0 aromatic heterocycles. The first-order valence-corrected chi connectivity index (χ1v) is 18.1.